The molecule has 2 aromatic carbocycles. The minimum Gasteiger partial charge on any atom is -0.444 e. The van der Waals surface area contributed by atoms with E-state index in [9.17, 15) is 9.59 Å². The number of hydrogen-bond donors (Lipinski definition) is 1. The Labute approximate surface area is 225 Å². The smallest absolute Gasteiger partial charge is 0.410 e. The van der Waals surface area contributed by atoms with Crippen molar-refractivity contribution in [1.29, 1.82) is 0 Å². The average Bonchev–Trinajstić information content (AvgIpc) is 3.51. The van der Waals surface area contributed by atoms with Gasteiger partial charge in [-0.25, -0.2) is 4.79 Å². The quantitative estimate of drug-likeness (QED) is 0.445. The van der Waals surface area contributed by atoms with E-state index >= 15 is 0 Å². The van der Waals surface area contributed by atoms with Crippen molar-refractivity contribution in [1.82, 2.24) is 14.8 Å². The van der Waals surface area contributed by atoms with E-state index in [1.54, 1.807) is 4.90 Å². The average molecular weight is 518 g/mol. The molecule has 3 aromatic rings. The first-order valence-corrected chi connectivity index (χ1v) is 13.8. The van der Waals surface area contributed by atoms with E-state index in [2.05, 4.69) is 29.4 Å². The van der Waals surface area contributed by atoms with E-state index in [1.807, 2.05) is 62.1 Å². The van der Waals surface area contributed by atoms with Crippen LogP contribution in [-0.4, -0.2) is 64.2 Å². The number of carbonyl (C=O) groups is 2. The van der Waals surface area contributed by atoms with Gasteiger partial charge in [-0.05, 0) is 63.1 Å². The van der Waals surface area contributed by atoms with Crippen LogP contribution >= 0.6 is 0 Å². The number of piperidine rings is 1. The zero-order valence-corrected chi connectivity index (χ0v) is 22.7. The fourth-order valence-corrected chi connectivity index (χ4v) is 5.72. The lowest BCUT2D eigenvalue weighted by Gasteiger charge is -2.34. The van der Waals surface area contributed by atoms with Gasteiger partial charge in [-0.1, -0.05) is 48.5 Å². The predicted octanol–water partition coefficient (Wildman–Crippen LogP) is 5.86. The third kappa shape index (κ3) is 6.21. The summed E-state index contributed by atoms with van der Waals surface area (Å²) in [4.78, 5) is 33.5. The van der Waals surface area contributed by atoms with E-state index in [0.29, 0.717) is 31.9 Å². The maximum Gasteiger partial charge on any atom is 0.410 e. The van der Waals surface area contributed by atoms with Crippen molar-refractivity contribution >= 4 is 22.9 Å². The molecule has 0 spiro atoms. The third-order valence-electron chi connectivity index (χ3n) is 7.65. The second-order valence-electron chi connectivity index (χ2n) is 11.6. The second kappa shape index (κ2) is 11.2. The number of carbonyl (C=O) groups excluding carboxylic acids is 2. The summed E-state index contributed by atoms with van der Waals surface area (Å²) in [5.74, 6) is 0.542. The number of nitrogens with zero attached hydrogens (tertiary/aromatic N) is 2. The molecule has 0 bridgehead atoms. The van der Waals surface area contributed by atoms with Crippen LogP contribution in [0.1, 0.15) is 63.5 Å². The summed E-state index contributed by atoms with van der Waals surface area (Å²) < 4.78 is 11.9. The number of rotatable bonds is 6. The van der Waals surface area contributed by atoms with Crippen molar-refractivity contribution in [3.05, 3.63) is 71.9 Å². The van der Waals surface area contributed by atoms with Crippen LogP contribution in [0, 0.1) is 0 Å². The lowest BCUT2D eigenvalue weighted by atomic mass is 9.89. The van der Waals surface area contributed by atoms with Gasteiger partial charge in [0.1, 0.15) is 5.60 Å². The van der Waals surface area contributed by atoms with E-state index in [0.717, 1.165) is 37.0 Å². The van der Waals surface area contributed by atoms with Gasteiger partial charge in [0.2, 0.25) is 5.91 Å². The summed E-state index contributed by atoms with van der Waals surface area (Å²) >= 11 is 0. The van der Waals surface area contributed by atoms with Crippen LogP contribution in [0.4, 0.5) is 4.79 Å². The van der Waals surface area contributed by atoms with Crippen LogP contribution in [-0.2, 0) is 20.9 Å². The lowest BCUT2D eigenvalue weighted by molar-refractivity contribution is -0.133. The molecule has 2 aliphatic rings. The zero-order chi connectivity index (χ0) is 26.7. The maximum absolute atomic E-state index is 13.4. The Morgan fingerprint density at radius 3 is 2.45 bits per heavy atom. The molecule has 0 saturated carbocycles. The normalized spacial score (nSPS) is 20.7. The molecular formula is C31H39N3O4. The number of aromatic amines is 1. The van der Waals surface area contributed by atoms with Crippen LogP contribution < -0.4 is 0 Å². The summed E-state index contributed by atoms with van der Waals surface area (Å²) in [6.45, 7) is 7.97. The molecule has 0 radical (unpaired) electrons. The Hall–Kier alpha value is -3.32. The van der Waals surface area contributed by atoms with Gasteiger partial charge in [0, 0.05) is 42.7 Å². The van der Waals surface area contributed by atoms with Gasteiger partial charge in [0.25, 0.3) is 0 Å². The van der Waals surface area contributed by atoms with Crippen molar-refractivity contribution in [3.63, 3.8) is 0 Å². The standard InChI is InChI=1S/C31H39N3O4/c1-31(2,3)38-30(36)34-20-25(37-21-22-9-5-4-6-10-22)17-24(34)18-29(35)33-15-13-23(14-16-33)27-19-32-28-12-8-7-11-26(27)28/h4-12,19,23-25,32H,13-18,20-21H2,1-3H3/t24-,25+/m0/s1. The van der Waals surface area contributed by atoms with Crippen LogP contribution in [0.15, 0.2) is 60.8 Å². The number of ether oxygens (including phenoxy) is 2. The largest absolute Gasteiger partial charge is 0.444 e. The number of hydrogen-bond acceptors (Lipinski definition) is 4. The summed E-state index contributed by atoms with van der Waals surface area (Å²) in [6, 6.07) is 18.2. The van der Waals surface area contributed by atoms with Gasteiger partial charge in [0.15, 0.2) is 0 Å². The molecule has 2 aliphatic heterocycles. The third-order valence-corrected chi connectivity index (χ3v) is 7.65. The van der Waals surface area contributed by atoms with E-state index in [1.165, 1.54) is 10.9 Å². The molecule has 0 unspecified atom stereocenters. The second-order valence-corrected chi connectivity index (χ2v) is 11.6. The first kappa shape index (κ1) is 26.3. The maximum atomic E-state index is 13.4. The Kier molecular flexibility index (Phi) is 7.75. The number of likely N-dealkylation sites (tertiary alicyclic amines) is 2. The number of nitrogens with one attached hydrogen (secondary N) is 1. The topological polar surface area (TPSA) is 74.9 Å². The monoisotopic (exact) mass is 517 g/mol. The Morgan fingerprint density at radius 2 is 1.71 bits per heavy atom. The number of para-hydroxylation sites is 1. The van der Waals surface area contributed by atoms with E-state index < -0.39 is 5.60 Å². The van der Waals surface area contributed by atoms with Crippen molar-refractivity contribution in [2.75, 3.05) is 19.6 Å². The number of amides is 2. The predicted molar refractivity (Wildman–Crippen MR) is 148 cm³/mol. The highest BCUT2D eigenvalue weighted by atomic mass is 16.6. The van der Waals surface area contributed by atoms with Crippen LogP contribution in [0.3, 0.4) is 0 Å². The van der Waals surface area contributed by atoms with Crippen molar-refractivity contribution < 1.29 is 19.1 Å². The zero-order valence-electron chi connectivity index (χ0n) is 22.7. The Bertz CT molecular complexity index is 1240. The van der Waals surface area contributed by atoms with E-state index in [-0.39, 0.29) is 24.1 Å². The van der Waals surface area contributed by atoms with Gasteiger partial charge in [-0.2, -0.15) is 0 Å². The molecule has 7 heteroatoms. The summed E-state index contributed by atoms with van der Waals surface area (Å²) in [5, 5.41) is 1.28. The molecule has 7 nitrogen and oxygen atoms in total. The molecule has 202 valence electrons. The number of aromatic nitrogens is 1. The summed E-state index contributed by atoms with van der Waals surface area (Å²) in [5.41, 5.74) is 3.00. The fourth-order valence-electron chi connectivity index (χ4n) is 5.72. The number of fused-ring (bicyclic) bond motifs is 1. The first-order valence-electron chi connectivity index (χ1n) is 13.8. The molecule has 2 amide bonds. The molecular weight excluding hydrogens is 478 g/mol. The molecule has 5 rings (SSSR count). The molecule has 2 saturated heterocycles. The first-order chi connectivity index (χ1) is 18.3. The summed E-state index contributed by atoms with van der Waals surface area (Å²) in [7, 11) is 0. The molecule has 2 fully saturated rings. The minimum atomic E-state index is -0.598. The van der Waals surface area contributed by atoms with Crippen LogP contribution in [0.5, 0.6) is 0 Å². The molecule has 2 atom stereocenters. The highest BCUT2D eigenvalue weighted by Gasteiger charge is 2.40. The fraction of sp³-hybridized carbons (Fsp3) is 0.484. The van der Waals surface area contributed by atoms with E-state index in [4.69, 9.17) is 9.47 Å². The Morgan fingerprint density at radius 1 is 1.00 bits per heavy atom. The molecule has 38 heavy (non-hydrogen) atoms. The lowest BCUT2D eigenvalue weighted by Crippen LogP contribution is -2.44. The minimum absolute atomic E-state index is 0.102. The highest BCUT2D eigenvalue weighted by molar-refractivity contribution is 5.84. The van der Waals surface area contributed by atoms with Gasteiger partial charge < -0.3 is 24.3 Å². The number of H-pyrrole nitrogens is 1. The van der Waals surface area contributed by atoms with Crippen LogP contribution in [0.2, 0.25) is 0 Å². The van der Waals surface area contributed by atoms with Gasteiger partial charge in [-0.15, -0.1) is 0 Å². The van der Waals surface area contributed by atoms with Gasteiger partial charge in [-0.3, -0.25) is 4.79 Å². The van der Waals surface area contributed by atoms with Gasteiger partial charge >= 0.3 is 6.09 Å². The molecule has 1 aromatic heterocycles. The summed E-state index contributed by atoms with van der Waals surface area (Å²) in [6.07, 6.45) is 4.42. The molecule has 1 N–H and O–H groups in total. The van der Waals surface area contributed by atoms with Crippen molar-refractivity contribution in [2.45, 2.75) is 76.7 Å². The van der Waals surface area contributed by atoms with Crippen molar-refractivity contribution in [3.8, 4) is 0 Å². The number of benzene rings is 2. The highest BCUT2D eigenvalue weighted by Crippen LogP contribution is 2.34. The Balaban J connectivity index is 1.20. The SMILES string of the molecule is CC(C)(C)OC(=O)N1C[C@H](OCc2ccccc2)C[C@H]1CC(=O)N1CCC(c2c[nH]c3ccccc23)CC1. The van der Waals surface area contributed by atoms with Crippen LogP contribution in [0.25, 0.3) is 10.9 Å². The molecule has 0 aliphatic carbocycles. The van der Waals surface area contributed by atoms with Gasteiger partial charge in [0.05, 0.1) is 19.3 Å². The molecule has 3 heterocycles. The van der Waals surface area contributed by atoms with Crippen molar-refractivity contribution in [2.24, 2.45) is 0 Å².